The number of nitrogens with one attached hydrogen (secondary N) is 3. The first-order valence-electron chi connectivity index (χ1n) is 26.9. The average Bonchev–Trinajstić information content (AvgIpc) is 1.61. The molecule has 2 unspecified atom stereocenters. The van der Waals surface area contributed by atoms with Gasteiger partial charge < -0.3 is 65.1 Å². The maximum atomic E-state index is 14.7. The molecular formula is C51H63N10O18P3+2. The first kappa shape index (κ1) is 57.4. The summed E-state index contributed by atoms with van der Waals surface area (Å²) in [7, 11) is -14.1. The first-order valence-corrected chi connectivity index (χ1v) is 31.4. The van der Waals surface area contributed by atoms with Gasteiger partial charge in [0.15, 0.2) is 12.4 Å². The summed E-state index contributed by atoms with van der Waals surface area (Å²) < 4.78 is 71.3. The van der Waals surface area contributed by atoms with Gasteiger partial charge in [0.2, 0.25) is 23.0 Å². The van der Waals surface area contributed by atoms with E-state index in [1.54, 1.807) is 11.9 Å². The molecule has 2 aromatic heterocycles. The number of phosphoric acid groups is 3. The van der Waals surface area contributed by atoms with Crippen molar-refractivity contribution < 1.29 is 84.7 Å². The van der Waals surface area contributed by atoms with Crippen LogP contribution in [0, 0.1) is 0 Å². The Labute approximate surface area is 467 Å². The molecule has 3 amide bonds. The molecule has 10 N–H and O–H groups in total. The van der Waals surface area contributed by atoms with Crippen LogP contribution in [0.1, 0.15) is 88.5 Å². The van der Waals surface area contributed by atoms with E-state index in [2.05, 4.69) is 55.4 Å². The molecule has 0 radical (unpaired) electrons. The molecule has 5 aromatic rings. The average molecular weight is 1200 g/mol. The highest BCUT2D eigenvalue weighted by molar-refractivity contribution is 7.66. The number of nitrogen functional groups attached to an aromatic ring is 1. The Hall–Kier alpha value is -6.38. The Kier molecular flexibility index (Phi) is 15.9. The highest BCUT2D eigenvalue weighted by Gasteiger charge is 2.52. The largest absolute Gasteiger partial charge is 0.490 e. The molecule has 1 saturated heterocycles. The second-order valence-electron chi connectivity index (χ2n) is 21.1. The molecule has 28 nitrogen and oxygen atoms in total. The fourth-order valence-corrected chi connectivity index (χ4v) is 15.3. The fourth-order valence-electron chi connectivity index (χ4n) is 12.2. The predicted octanol–water partition coefficient (Wildman–Crippen LogP) is 0.932. The van der Waals surface area contributed by atoms with Crippen LogP contribution in [0.5, 0.6) is 11.5 Å². The summed E-state index contributed by atoms with van der Waals surface area (Å²) >= 11 is 0. The standard InChI is InChI=1S/C51H61N10O18P3/c1-57(48(65)31-13-4-3-12-30(31)38-34-24-28-10-5-20-59-22-7-14-32(39(28)59)43(34)76-44-33-15-8-23-60-21-6-11-29(40(33)60)25-35(38)44)19-9-16-37(62)53-17-18-54-51(66)77-45-42(63)36(26-74-81(70,71)79-82(72,73)78-80(67,68)69)75-49(45)61-27-58(2)41-46(61)55-50(52)56-47(41)64/h3-4,12-13,24-25,27,36,42,45,49,63H,5-11,14-23,26H2,1-2H3,(H7-2,52,53,54,55,56,62,64,66,67,68,69,70,71,72,73)/p+2/t36-,42-,45-,49-/m1/s1. The lowest BCUT2D eigenvalue weighted by Crippen LogP contribution is -2.49. The molecule has 438 valence electrons. The van der Waals surface area contributed by atoms with Crippen LogP contribution in [0.3, 0.4) is 0 Å². The first-order chi connectivity index (χ1) is 39.0. The van der Waals surface area contributed by atoms with E-state index >= 15 is 0 Å². The number of carbonyl (C=O) groups excluding carboxylic acids is 3. The van der Waals surface area contributed by atoms with Crippen LogP contribution >= 0.6 is 23.5 Å². The van der Waals surface area contributed by atoms with Gasteiger partial charge in [-0.25, -0.2) is 27.6 Å². The number of carbonyl (C=O) groups is 3. The zero-order chi connectivity index (χ0) is 58.0. The molecule has 0 spiro atoms. The number of aliphatic hydroxyl groups excluding tert-OH is 1. The van der Waals surface area contributed by atoms with E-state index in [0.29, 0.717) is 12.0 Å². The molecule has 0 saturated carbocycles. The van der Waals surface area contributed by atoms with Crippen molar-refractivity contribution in [1.82, 2.24) is 34.6 Å². The van der Waals surface area contributed by atoms with Gasteiger partial charge in [0.1, 0.15) is 36.8 Å². The number of amides is 3. The molecule has 6 aliphatic rings. The Morgan fingerprint density at radius 2 is 1.63 bits per heavy atom. The van der Waals surface area contributed by atoms with Crippen molar-refractivity contribution >= 4 is 69.7 Å². The van der Waals surface area contributed by atoms with E-state index in [9.17, 15) is 47.8 Å². The van der Waals surface area contributed by atoms with Crippen molar-refractivity contribution in [3.8, 4) is 11.5 Å². The Bertz CT molecular complexity index is 3790. The van der Waals surface area contributed by atoms with Crippen LogP contribution in [-0.4, -0.2) is 140 Å². The molecule has 3 aromatic carbocycles. The molecule has 11 rings (SSSR count). The van der Waals surface area contributed by atoms with E-state index in [1.807, 2.05) is 24.3 Å². The van der Waals surface area contributed by atoms with Gasteiger partial charge >= 0.3 is 35.2 Å². The molecule has 31 heteroatoms. The molecule has 0 aliphatic carbocycles. The summed E-state index contributed by atoms with van der Waals surface area (Å²) in [6, 6.07) is 12.4. The third-order valence-corrected chi connectivity index (χ3v) is 19.3. The normalized spacial score (nSPS) is 21.3. The number of alkyl carbamates (subject to hydrolysis) is 1. The molecular weight excluding hydrogens is 1130 g/mol. The molecule has 1 fully saturated rings. The number of aromatic nitrogens is 4. The number of hydrogen-bond donors (Lipinski definition) is 9. The van der Waals surface area contributed by atoms with Crippen LogP contribution in [0.15, 0.2) is 47.5 Å². The number of phosphoric ester groups is 1. The van der Waals surface area contributed by atoms with Crippen LogP contribution in [0.2, 0.25) is 0 Å². The number of rotatable bonds is 18. The van der Waals surface area contributed by atoms with Crippen molar-refractivity contribution in [3.63, 3.8) is 0 Å². The molecule has 0 bridgehead atoms. The summed E-state index contributed by atoms with van der Waals surface area (Å²) in [5.41, 5.74) is 14.8. The number of aliphatic hydroxyl groups is 1. The van der Waals surface area contributed by atoms with Gasteiger partial charge in [0.05, 0.1) is 19.2 Å². The fraction of sp³-hybridized carbons (Fsp3) is 0.471. The number of aromatic amines is 1. The van der Waals surface area contributed by atoms with Gasteiger partial charge in [-0.05, 0) is 74.3 Å². The van der Waals surface area contributed by atoms with Gasteiger partial charge in [-0.2, -0.15) is 8.62 Å². The van der Waals surface area contributed by atoms with E-state index in [-0.39, 0.29) is 55.0 Å². The summed E-state index contributed by atoms with van der Waals surface area (Å²) in [4.78, 5) is 102. The second kappa shape index (κ2) is 22.7. The zero-order valence-corrected chi connectivity index (χ0v) is 47.4. The number of ether oxygens (including phenoxy) is 3. The minimum Gasteiger partial charge on any atom is -0.455 e. The Balaban J connectivity index is 0.740. The predicted molar refractivity (Wildman–Crippen MR) is 290 cm³/mol. The SMILES string of the molecule is CN(CCCC(=O)NCCNC(=O)O[C@@H]1[C@H](O)[C@@H](COP(=O)(O)OP(=O)(O)OP(=O)(O)O)O[C@H]1[n+]1cn(C)c2c(=O)[nH]c(N)nc21)C(=O)c1ccccc1C1=c2cc3c4c(c2Oc2c1cc1c5c2CCCN5CCC1)CCC[N+]=4CCC3. The van der Waals surface area contributed by atoms with Crippen LogP contribution in [0.25, 0.3) is 16.7 Å². The van der Waals surface area contributed by atoms with Crippen molar-refractivity contribution in [2.24, 2.45) is 7.05 Å². The number of aryl methyl sites for hydroxylation is 3. The number of anilines is 2. The number of hydrogen-bond acceptors (Lipinski definition) is 17. The quantitative estimate of drug-likeness (QED) is 0.0328. The van der Waals surface area contributed by atoms with Crippen molar-refractivity contribution in [2.45, 2.75) is 88.7 Å². The maximum absolute atomic E-state index is 14.7. The Morgan fingerprint density at radius 1 is 0.915 bits per heavy atom. The van der Waals surface area contributed by atoms with Crippen molar-refractivity contribution in [2.75, 3.05) is 70.1 Å². The monoisotopic (exact) mass is 1200 g/mol. The van der Waals surface area contributed by atoms with Gasteiger partial charge in [-0.1, -0.05) is 23.2 Å². The number of H-pyrrole nitrogens is 1. The number of fused-ring (bicyclic) bond motifs is 5. The number of imidazole rings is 1. The van der Waals surface area contributed by atoms with Crippen LogP contribution in [-0.2, 0) is 73.8 Å². The lowest BCUT2D eigenvalue weighted by Gasteiger charge is -2.39. The summed E-state index contributed by atoms with van der Waals surface area (Å²) in [5, 5.41) is 18.9. The summed E-state index contributed by atoms with van der Waals surface area (Å²) in [6.45, 7) is 2.96. The highest BCUT2D eigenvalue weighted by atomic mass is 31.3. The second-order valence-corrected chi connectivity index (χ2v) is 25.5. The summed E-state index contributed by atoms with van der Waals surface area (Å²) in [5.74, 6) is 0.905. The Morgan fingerprint density at radius 3 is 2.41 bits per heavy atom. The van der Waals surface area contributed by atoms with Gasteiger partial charge in [-0.15, -0.1) is 0 Å². The van der Waals surface area contributed by atoms with E-state index in [0.717, 1.165) is 111 Å². The lowest BCUT2D eigenvalue weighted by molar-refractivity contribution is -0.745. The van der Waals surface area contributed by atoms with Gasteiger partial charge in [0, 0.05) is 97.8 Å². The smallest absolute Gasteiger partial charge is 0.455 e. The molecule has 8 heterocycles. The third-order valence-electron chi connectivity index (χ3n) is 15.5. The molecule has 6 atom stereocenters. The minimum atomic E-state index is -5.90. The van der Waals surface area contributed by atoms with Gasteiger partial charge in [-0.3, -0.25) is 28.5 Å². The van der Waals surface area contributed by atoms with Crippen molar-refractivity contribution in [1.29, 1.82) is 0 Å². The summed E-state index contributed by atoms with van der Waals surface area (Å²) in [6.07, 6.45) is 1.60. The maximum Gasteiger partial charge on any atom is 0.490 e. The molecule has 6 aliphatic heterocycles. The topological polar surface area (TPSA) is 373 Å². The van der Waals surface area contributed by atoms with Crippen LogP contribution < -0.4 is 51.3 Å². The van der Waals surface area contributed by atoms with E-state index in [4.69, 9.17) is 29.7 Å². The number of nitrogens with two attached hydrogens (primary N) is 1. The number of nitrogens with zero attached hydrogens (tertiary/aromatic N) is 6. The van der Waals surface area contributed by atoms with E-state index in [1.165, 1.54) is 55.8 Å². The lowest BCUT2D eigenvalue weighted by atomic mass is 9.81. The number of benzene rings is 3. The van der Waals surface area contributed by atoms with Crippen LogP contribution in [0.4, 0.5) is 16.4 Å². The van der Waals surface area contributed by atoms with Crippen molar-refractivity contribution in [3.05, 3.63) is 103 Å². The zero-order valence-electron chi connectivity index (χ0n) is 44.7. The minimum absolute atomic E-state index is 0.0355. The van der Waals surface area contributed by atoms with E-state index < -0.39 is 66.3 Å². The third kappa shape index (κ3) is 11.5. The highest BCUT2D eigenvalue weighted by Crippen LogP contribution is 2.66. The van der Waals surface area contributed by atoms with Gasteiger partial charge in [0.25, 0.3) is 17.4 Å². The molecule has 82 heavy (non-hydrogen) atoms.